The van der Waals surface area contributed by atoms with Gasteiger partial charge in [0, 0.05) is 40.8 Å². The van der Waals surface area contributed by atoms with Gasteiger partial charge in [0.25, 0.3) is 0 Å². The van der Waals surface area contributed by atoms with E-state index in [2.05, 4.69) is 20.6 Å². The lowest BCUT2D eigenvalue weighted by Gasteiger charge is -2.30. The van der Waals surface area contributed by atoms with Gasteiger partial charge in [-0.1, -0.05) is 24.3 Å². The quantitative estimate of drug-likeness (QED) is 0.222. The van der Waals surface area contributed by atoms with E-state index in [1.807, 2.05) is 45.0 Å². The lowest BCUT2D eigenvalue weighted by Crippen LogP contribution is -2.42. The number of amides is 1. The highest BCUT2D eigenvalue weighted by Crippen LogP contribution is 2.40. The summed E-state index contributed by atoms with van der Waals surface area (Å²) in [5, 5.41) is 7.67. The van der Waals surface area contributed by atoms with Crippen LogP contribution in [0, 0.1) is 12.7 Å². The molecule has 10 heteroatoms. The molecular formula is C31H35FN6O3. The van der Waals surface area contributed by atoms with Gasteiger partial charge in [-0.3, -0.25) is 0 Å². The van der Waals surface area contributed by atoms with Crippen LogP contribution < -0.4 is 21.1 Å². The number of carbonyl (C=O) groups excluding carboxylic acids is 1. The first-order valence-corrected chi connectivity index (χ1v) is 13.8. The van der Waals surface area contributed by atoms with Gasteiger partial charge in [-0.2, -0.15) is 0 Å². The molecule has 0 atom stereocenters. The Kier molecular flexibility index (Phi) is 7.92. The highest BCUT2D eigenvalue weighted by atomic mass is 19.1. The molecule has 1 amide bonds. The SMILES string of the molecule is Cc1c(F)c(N)c2ccccc2c1Oc1ncccc1-c1ccnc(NC2CCC(NC(=O)OC(C)(C)C)CC2)n1. The lowest BCUT2D eigenvalue weighted by atomic mass is 9.91. The average Bonchev–Trinajstić information content (AvgIpc) is 2.94. The molecular weight excluding hydrogens is 523 g/mol. The Labute approximate surface area is 238 Å². The molecule has 0 spiro atoms. The third kappa shape index (κ3) is 6.48. The molecule has 4 N–H and O–H groups in total. The van der Waals surface area contributed by atoms with E-state index in [4.69, 9.17) is 20.2 Å². The summed E-state index contributed by atoms with van der Waals surface area (Å²) in [6.07, 6.45) is 6.26. The summed E-state index contributed by atoms with van der Waals surface area (Å²) in [4.78, 5) is 25.7. The molecule has 4 aromatic rings. The summed E-state index contributed by atoms with van der Waals surface area (Å²) in [5.74, 6) is 0.626. The van der Waals surface area contributed by atoms with Gasteiger partial charge in [0.15, 0.2) is 5.82 Å². The number of ether oxygens (including phenoxy) is 2. The summed E-state index contributed by atoms with van der Waals surface area (Å²) in [6.45, 7) is 7.19. The van der Waals surface area contributed by atoms with E-state index < -0.39 is 11.4 Å². The van der Waals surface area contributed by atoms with Crippen LogP contribution in [0.15, 0.2) is 54.9 Å². The van der Waals surface area contributed by atoms with Crippen LogP contribution in [0.4, 0.5) is 20.8 Å². The summed E-state index contributed by atoms with van der Waals surface area (Å²) in [7, 11) is 0. The first kappa shape index (κ1) is 28.1. The normalized spacial score (nSPS) is 17.2. The number of rotatable bonds is 6. The number of pyridine rings is 1. The Morgan fingerprint density at radius 1 is 0.976 bits per heavy atom. The Morgan fingerprint density at radius 3 is 2.41 bits per heavy atom. The van der Waals surface area contributed by atoms with Gasteiger partial charge in [-0.15, -0.1) is 0 Å². The first-order valence-electron chi connectivity index (χ1n) is 13.8. The number of benzene rings is 2. The van der Waals surface area contributed by atoms with Crippen LogP contribution in [0.3, 0.4) is 0 Å². The molecule has 0 saturated heterocycles. The maximum absolute atomic E-state index is 15.0. The van der Waals surface area contributed by atoms with Crippen LogP contribution in [0.2, 0.25) is 0 Å². The Hall–Kier alpha value is -4.47. The zero-order valence-corrected chi connectivity index (χ0v) is 23.7. The number of anilines is 2. The number of nitrogens with zero attached hydrogens (tertiary/aromatic N) is 3. The number of alkyl carbamates (subject to hydrolysis) is 1. The summed E-state index contributed by atoms with van der Waals surface area (Å²) in [6, 6.07) is 12.9. The van der Waals surface area contributed by atoms with Crippen molar-refractivity contribution in [3.63, 3.8) is 0 Å². The van der Waals surface area contributed by atoms with Crippen molar-refractivity contribution in [3.8, 4) is 22.9 Å². The number of hydrogen-bond donors (Lipinski definition) is 3. The van der Waals surface area contributed by atoms with E-state index in [0.717, 1.165) is 25.7 Å². The minimum Gasteiger partial charge on any atom is -0.444 e. The van der Waals surface area contributed by atoms with E-state index in [1.54, 1.807) is 37.5 Å². The number of nitrogens with one attached hydrogen (secondary N) is 2. The molecule has 2 aromatic heterocycles. The molecule has 0 bridgehead atoms. The number of fused-ring (bicyclic) bond motifs is 1. The highest BCUT2D eigenvalue weighted by molar-refractivity contribution is 5.98. The second-order valence-electron chi connectivity index (χ2n) is 11.3. The fourth-order valence-electron chi connectivity index (χ4n) is 5.05. The Balaban J connectivity index is 1.31. The zero-order valence-electron chi connectivity index (χ0n) is 23.7. The van der Waals surface area contributed by atoms with Crippen LogP contribution in [0.5, 0.6) is 11.6 Å². The second kappa shape index (κ2) is 11.6. The Bertz CT molecular complexity index is 1560. The maximum Gasteiger partial charge on any atom is 0.407 e. The topological polar surface area (TPSA) is 124 Å². The minimum absolute atomic E-state index is 0.0722. The molecule has 1 saturated carbocycles. The first-order chi connectivity index (χ1) is 19.6. The van der Waals surface area contributed by atoms with Crippen LogP contribution in [0.1, 0.15) is 52.0 Å². The molecule has 214 valence electrons. The summed E-state index contributed by atoms with van der Waals surface area (Å²) in [5.41, 5.74) is 7.18. The molecule has 41 heavy (non-hydrogen) atoms. The van der Waals surface area contributed by atoms with Gasteiger partial charge in [0.2, 0.25) is 11.8 Å². The van der Waals surface area contributed by atoms with Gasteiger partial charge in [0.1, 0.15) is 11.4 Å². The molecule has 0 unspecified atom stereocenters. The molecule has 1 aliphatic carbocycles. The third-order valence-corrected chi connectivity index (χ3v) is 7.05. The number of nitrogen functional groups attached to an aromatic ring is 1. The molecule has 9 nitrogen and oxygen atoms in total. The second-order valence-corrected chi connectivity index (χ2v) is 11.3. The molecule has 1 aliphatic rings. The van der Waals surface area contributed by atoms with Crippen molar-refractivity contribution in [2.24, 2.45) is 0 Å². The standard InChI is InChI=1S/C31H35FN6O3/c1-18-25(32)26(33)21-8-5-6-9-22(21)27(18)40-28-23(10-7-16-34-28)24-15-17-35-29(38-24)36-19-11-13-20(14-12-19)37-30(39)41-31(2,3)4/h5-10,15-17,19-20H,11-14,33H2,1-4H3,(H,37,39)(H,35,36,38). The smallest absolute Gasteiger partial charge is 0.407 e. The van der Waals surface area contributed by atoms with Gasteiger partial charge in [0.05, 0.1) is 16.9 Å². The van der Waals surface area contributed by atoms with Gasteiger partial charge < -0.3 is 25.8 Å². The van der Waals surface area contributed by atoms with Crippen molar-refractivity contribution in [2.45, 2.75) is 71.1 Å². The van der Waals surface area contributed by atoms with E-state index in [-0.39, 0.29) is 23.9 Å². The monoisotopic (exact) mass is 558 g/mol. The van der Waals surface area contributed by atoms with Crippen molar-refractivity contribution < 1.29 is 18.7 Å². The van der Waals surface area contributed by atoms with Gasteiger partial charge in [-0.25, -0.2) is 24.1 Å². The van der Waals surface area contributed by atoms with E-state index >= 15 is 0 Å². The molecule has 0 radical (unpaired) electrons. The van der Waals surface area contributed by atoms with Crippen molar-refractivity contribution in [1.29, 1.82) is 0 Å². The fraction of sp³-hybridized carbons (Fsp3) is 0.355. The minimum atomic E-state index is -0.526. The summed E-state index contributed by atoms with van der Waals surface area (Å²) >= 11 is 0. The molecule has 2 aromatic carbocycles. The van der Waals surface area contributed by atoms with Gasteiger partial charge in [-0.05, 0) is 71.6 Å². The molecule has 1 fully saturated rings. The zero-order chi connectivity index (χ0) is 29.1. The van der Waals surface area contributed by atoms with Crippen molar-refractivity contribution in [2.75, 3.05) is 11.1 Å². The highest BCUT2D eigenvalue weighted by Gasteiger charge is 2.25. The van der Waals surface area contributed by atoms with E-state index in [0.29, 0.717) is 45.2 Å². The van der Waals surface area contributed by atoms with Crippen LogP contribution in [0.25, 0.3) is 22.0 Å². The maximum atomic E-state index is 15.0. The van der Waals surface area contributed by atoms with Crippen molar-refractivity contribution in [1.82, 2.24) is 20.3 Å². The number of aromatic nitrogens is 3. The van der Waals surface area contributed by atoms with Crippen LogP contribution in [-0.2, 0) is 4.74 Å². The number of nitrogens with two attached hydrogens (primary N) is 1. The number of hydrogen-bond acceptors (Lipinski definition) is 8. The molecule has 2 heterocycles. The fourth-order valence-corrected chi connectivity index (χ4v) is 5.05. The van der Waals surface area contributed by atoms with Crippen molar-refractivity contribution in [3.05, 3.63) is 66.2 Å². The van der Waals surface area contributed by atoms with E-state index in [1.165, 1.54) is 0 Å². The third-order valence-electron chi connectivity index (χ3n) is 7.05. The molecule has 0 aliphatic heterocycles. The average molecular weight is 559 g/mol. The van der Waals surface area contributed by atoms with Gasteiger partial charge >= 0.3 is 6.09 Å². The van der Waals surface area contributed by atoms with Crippen LogP contribution >= 0.6 is 0 Å². The number of carbonyl (C=O) groups is 1. The van der Waals surface area contributed by atoms with E-state index in [9.17, 15) is 9.18 Å². The van der Waals surface area contributed by atoms with Crippen molar-refractivity contribution >= 4 is 28.5 Å². The lowest BCUT2D eigenvalue weighted by molar-refractivity contribution is 0.0492. The number of halogens is 1. The predicted octanol–water partition coefficient (Wildman–Crippen LogP) is 6.76. The predicted molar refractivity (Wildman–Crippen MR) is 157 cm³/mol. The Morgan fingerprint density at radius 2 is 1.68 bits per heavy atom. The molecule has 5 rings (SSSR count). The van der Waals surface area contributed by atoms with Crippen LogP contribution in [-0.4, -0.2) is 38.7 Å². The summed E-state index contributed by atoms with van der Waals surface area (Å²) < 4.78 is 26.6. The largest absolute Gasteiger partial charge is 0.444 e.